The maximum Gasteiger partial charge on any atom is 0.433 e. The number of fused-ring (bicyclic) bond motifs is 1. The fraction of sp³-hybridized carbons (Fsp3) is 0.200. The van der Waals surface area contributed by atoms with E-state index in [0.717, 1.165) is 0 Å². The molecule has 0 saturated heterocycles. The third kappa shape index (κ3) is 2.32. The van der Waals surface area contributed by atoms with Crippen molar-refractivity contribution in [3.8, 4) is 17.7 Å². The van der Waals surface area contributed by atoms with Crippen LogP contribution in [0.2, 0.25) is 0 Å². The molecule has 0 fully saturated rings. The minimum Gasteiger partial charge on any atom is -0.496 e. The van der Waals surface area contributed by atoms with Gasteiger partial charge in [0.1, 0.15) is 23.1 Å². The molecule has 124 valence electrons. The molecule has 1 unspecified atom stereocenters. The third-order valence-corrected chi connectivity index (χ3v) is 3.67. The molecule has 1 aliphatic rings. The lowest BCUT2D eigenvalue weighted by molar-refractivity contribution is -0.141. The summed E-state index contributed by atoms with van der Waals surface area (Å²) in [5, 5.41) is 14.9. The van der Waals surface area contributed by atoms with Crippen LogP contribution >= 0.6 is 0 Å². The molecule has 1 aromatic carbocycles. The Labute approximate surface area is 134 Å². The number of H-pyrrole nitrogens is 1. The second-order valence-corrected chi connectivity index (χ2v) is 4.98. The zero-order chi connectivity index (χ0) is 17.5. The van der Waals surface area contributed by atoms with Gasteiger partial charge >= 0.3 is 6.18 Å². The van der Waals surface area contributed by atoms with Gasteiger partial charge in [-0.25, -0.2) is 0 Å². The van der Waals surface area contributed by atoms with Crippen molar-refractivity contribution in [1.29, 1.82) is 5.26 Å². The first-order valence-electron chi connectivity index (χ1n) is 6.74. The first kappa shape index (κ1) is 15.7. The molecule has 2 aromatic rings. The summed E-state index contributed by atoms with van der Waals surface area (Å²) in [4.78, 5) is 0. The van der Waals surface area contributed by atoms with Gasteiger partial charge in [0, 0.05) is 5.56 Å². The van der Waals surface area contributed by atoms with Gasteiger partial charge in [-0.1, -0.05) is 18.2 Å². The summed E-state index contributed by atoms with van der Waals surface area (Å²) >= 11 is 0. The molecule has 6 nitrogen and oxygen atoms in total. The van der Waals surface area contributed by atoms with E-state index >= 15 is 0 Å². The minimum atomic E-state index is -4.70. The molecule has 3 N–H and O–H groups in total. The van der Waals surface area contributed by atoms with E-state index in [0.29, 0.717) is 11.3 Å². The normalized spacial score (nSPS) is 17.0. The lowest BCUT2D eigenvalue weighted by Gasteiger charge is -2.25. The largest absolute Gasteiger partial charge is 0.496 e. The highest BCUT2D eigenvalue weighted by atomic mass is 19.4. The van der Waals surface area contributed by atoms with Gasteiger partial charge in [-0.3, -0.25) is 5.10 Å². The Balaban J connectivity index is 2.31. The standard InChI is InChI=1S/C15H11F3N4O2/c1-23-9-5-3-2-4-7(9)10-8(6-19)13(20)24-14-11(10)12(21-22-14)15(16,17)18/h2-5,10H,20H2,1H3,(H,21,22). The summed E-state index contributed by atoms with van der Waals surface area (Å²) < 4.78 is 50.3. The highest BCUT2D eigenvalue weighted by Gasteiger charge is 2.45. The highest BCUT2D eigenvalue weighted by molar-refractivity contribution is 5.58. The topological polar surface area (TPSA) is 96.9 Å². The summed E-state index contributed by atoms with van der Waals surface area (Å²) in [5.74, 6) is -1.38. The quantitative estimate of drug-likeness (QED) is 0.879. The Morgan fingerprint density at radius 1 is 1.38 bits per heavy atom. The van der Waals surface area contributed by atoms with Gasteiger partial charge in [0.05, 0.1) is 18.6 Å². The zero-order valence-electron chi connectivity index (χ0n) is 12.3. The molecular formula is C15H11F3N4O2. The number of rotatable bonds is 2. The van der Waals surface area contributed by atoms with Crippen LogP contribution in [0.25, 0.3) is 0 Å². The number of halogens is 3. The molecule has 1 aromatic heterocycles. The maximum atomic E-state index is 13.3. The fourth-order valence-electron chi connectivity index (χ4n) is 2.68. The van der Waals surface area contributed by atoms with Crippen molar-refractivity contribution < 1.29 is 22.6 Å². The number of nitrogens with two attached hydrogens (primary N) is 1. The molecule has 0 saturated carbocycles. The van der Waals surface area contributed by atoms with E-state index in [2.05, 4.69) is 5.10 Å². The van der Waals surface area contributed by atoms with Gasteiger partial charge < -0.3 is 15.2 Å². The predicted molar refractivity (Wildman–Crippen MR) is 75.9 cm³/mol. The van der Waals surface area contributed by atoms with Crippen LogP contribution in [-0.4, -0.2) is 17.3 Å². The van der Waals surface area contributed by atoms with Crippen LogP contribution in [0, 0.1) is 11.3 Å². The van der Waals surface area contributed by atoms with Gasteiger partial charge in [-0.2, -0.15) is 18.4 Å². The number of benzene rings is 1. The molecule has 3 rings (SSSR count). The molecule has 0 radical (unpaired) electrons. The SMILES string of the molecule is COc1ccccc1C1C(C#N)=C(N)Oc2n[nH]c(C(F)(F)F)c21. The molecule has 0 aliphatic carbocycles. The average Bonchev–Trinajstić information content (AvgIpc) is 2.97. The smallest absolute Gasteiger partial charge is 0.433 e. The Hall–Kier alpha value is -3.15. The number of nitrogens with one attached hydrogen (secondary N) is 1. The number of ether oxygens (including phenoxy) is 2. The van der Waals surface area contributed by atoms with Crippen LogP contribution in [0.15, 0.2) is 35.7 Å². The first-order chi connectivity index (χ1) is 11.4. The van der Waals surface area contributed by atoms with Crippen molar-refractivity contribution in [2.45, 2.75) is 12.1 Å². The van der Waals surface area contributed by atoms with Crippen LogP contribution in [0.3, 0.4) is 0 Å². The van der Waals surface area contributed by atoms with Crippen molar-refractivity contribution in [1.82, 2.24) is 10.2 Å². The Bertz CT molecular complexity index is 864. The number of aromatic nitrogens is 2. The van der Waals surface area contributed by atoms with Crippen LogP contribution < -0.4 is 15.2 Å². The number of para-hydroxylation sites is 1. The lowest BCUT2D eigenvalue weighted by atomic mass is 9.83. The van der Waals surface area contributed by atoms with Crippen molar-refractivity contribution >= 4 is 0 Å². The molecule has 0 amide bonds. The summed E-state index contributed by atoms with van der Waals surface area (Å²) in [5.41, 5.74) is 4.54. The average molecular weight is 336 g/mol. The number of hydrogen-bond donors (Lipinski definition) is 2. The number of methoxy groups -OCH3 is 1. The van der Waals surface area contributed by atoms with Crippen LogP contribution in [0.1, 0.15) is 22.7 Å². The summed E-state index contributed by atoms with van der Waals surface area (Å²) in [6, 6.07) is 8.28. The van der Waals surface area contributed by atoms with E-state index in [1.807, 2.05) is 11.2 Å². The fourth-order valence-corrected chi connectivity index (χ4v) is 2.68. The number of nitriles is 1. The Kier molecular flexibility index (Phi) is 3.60. The second-order valence-electron chi connectivity index (χ2n) is 4.98. The van der Waals surface area contributed by atoms with Crippen LogP contribution in [0.5, 0.6) is 11.6 Å². The molecular weight excluding hydrogens is 325 g/mol. The maximum absolute atomic E-state index is 13.3. The van der Waals surface area contributed by atoms with Gasteiger partial charge in [0.15, 0.2) is 0 Å². The predicted octanol–water partition coefficient (Wildman–Crippen LogP) is 2.66. The highest BCUT2D eigenvalue weighted by Crippen LogP contribution is 2.48. The first-order valence-corrected chi connectivity index (χ1v) is 6.74. The summed E-state index contributed by atoms with van der Waals surface area (Å²) in [6.07, 6.45) is -4.70. The summed E-state index contributed by atoms with van der Waals surface area (Å²) in [6.45, 7) is 0. The van der Waals surface area contributed by atoms with Gasteiger partial charge in [-0.05, 0) is 6.07 Å². The molecule has 0 spiro atoms. The van der Waals surface area contributed by atoms with Crippen LogP contribution in [0.4, 0.5) is 13.2 Å². The number of alkyl halides is 3. The van der Waals surface area contributed by atoms with Crippen LogP contribution in [-0.2, 0) is 6.18 Å². The molecule has 24 heavy (non-hydrogen) atoms. The molecule has 1 atom stereocenters. The van der Waals surface area contributed by atoms with Gasteiger partial charge in [0.2, 0.25) is 11.8 Å². The Morgan fingerprint density at radius 3 is 2.71 bits per heavy atom. The van der Waals surface area contributed by atoms with E-state index in [9.17, 15) is 18.4 Å². The lowest BCUT2D eigenvalue weighted by Crippen LogP contribution is -2.23. The molecule has 2 heterocycles. The van der Waals surface area contributed by atoms with Gasteiger partial charge in [-0.15, -0.1) is 5.10 Å². The number of aromatic amines is 1. The number of allylic oxidation sites excluding steroid dienone is 1. The van der Waals surface area contributed by atoms with E-state index in [-0.39, 0.29) is 22.9 Å². The van der Waals surface area contributed by atoms with Crippen molar-refractivity contribution in [2.75, 3.05) is 7.11 Å². The minimum absolute atomic E-state index is 0.140. The van der Waals surface area contributed by atoms with E-state index in [1.54, 1.807) is 24.3 Å². The van der Waals surface area contributed by atoms with Gasteiger partial charge in [0.25, 0.3) is 0 Å². The zero-order valence-corrected chi connectivity index (χ0v) is 12.3. The second kappa shape index (κ2) is 5.49. The summed E-state index contributed by atoms with van der Waals surface area (Å²) in [7, 11) is 1.39. The monoisotopic (exact) mass is 336 g/mol. The van der Waals surface area contributed by atoms with E-state index < -0.39 is 17.8 Å². The van der Waals surface area contributed by atoms with Crippen molar-refractivity contribution in [3.63, 3.8) is 0 Å². The molecule has 1 aliphatic heterocycles. The van der Waals surface area contributed by atoms with Crippen molar-refractivity contribution in [2.24, 2.45) is 5.73 Å². The number of nitrogens with zero attached hydrogens (tertiary/aromatic N) is 2. The Morgan fingerprint density at radius 2 is 2.08 bits per heavy atom. The van der Waals surface area contributed by atoms with Crippen molar-refractivity contribution in [3.05, 3.63) is 52.5 Å². The number of hydrogen-bond acceptors (Lipinski definition) is 5. The molecule has 0 bridgehead atoms. The van der Waals surface area contributed by atoms with E-state index in [1.165, 1.54) is 7.11 Å². The third-order valence-electron chi connectivity index (χ3n) is 3.67. The molecule has 9 heteroatoms. The van der Waals surface area contributed by atoms with E-state index in [4.69, 9.17) is 15.2 Å².